The molecule has 11 nitrogen and oxygen atoms in total. The van der Waals surface area contributed by atoms with Gasteiger partial charge in [0.25, 0.3) is 11.8 Å². The number of methoxy groups -OCH3 is 1. The number of carbonyl (C=O) groups excluding carboxylic acids is 3. The number of benzene rings is 2. The van der Waals surface area contributed by atoms with Gasteiger partial charge in [-0.15, -0.1) is 0 Å². The first-order valence-electron chi connectivity index (χ1n) is 13.2. The minimum atomic E-state index is -0.839. The fourth-order valence-electron chi connectivity index (χ4n) is 4.57. The highest BCUT2D eigenvalue weighted by Gasteiger charge is 2.31. The van der Waals surface area contributed by atoms with Crippen LogP contribution in [0.3, 0.4) is 0 Å². The summed E-state index contributed by atoms with van der Waals surface area (Å²) in [5, 5.41) is 4.78. The Bertz CT molecular complexity index is 1440. The van der Waals surface area contributed by atoms with Crippen molar-refractivity contribution in [2.24, 2.45) is 5.92 Å². The number of rotatable bonds is 4. The van der Waals surface area contributed by atoms with E-state index in [1.165, 1.54) is 41.7 Å². The molecular formula is C29H32F2N6O5. The number of ether oxygens (including phenoxy) is 2. The SMILES string of the molecule is CO[C@H]1CN(C)C(=O)c2cc(NC(=O)Nc3cc(F)ccc3F)ccc2OC[C@H](C)N(C(=O)c2cnccn2)C[C@@H]1C. The summed E-state index contributed by atoms with van der Waals surface area (Å²) in [6.07, 6.45) is 3.92. The van der Waals surface area contributed by atoms with Crippen LogP contribution < -0.4 is 15.4 Å². The van der Waals surface area contributed by atoms with Crippen LogP contribution in [0.5, 0.6) is 5.75 Å². The molecule has 0 spiro atoms. The number of hydrogen-bond donors (Lipinski definition) is 2. The fraction of sp³-hybridized carbons (Fsp3) is 0.345. The quantitative estimate of drug-likeness (QED) is 0.476. The molecule has 2 N–H and O–H groups in total. The predicted molar refractivity (Wildman–Crippen MR) is 150 cm³/mol. The Labute approximate surface area is 241 Å². The number of carbonyl (C=O) groups is 3. The zero-order chi connectivity index (χ0) is 30.4. The van der Waals surface area contributed by atoms with Gasteiger partial charge in [-0.05, 0) is 37.3 Å². The largest absolute Gasteiger partial charge is 0.491 e. The summed E-state index contributed by atoms with van der Waals surface area (Å²) >= 11 is 0. The monoisotopic (exact) mass is 582 g/mol. The van der Waals surface area contributed by atoms with Crippen molar-refractivity contribution in [1.82, 2.24) is 19.8 Å². The molecule has 0 bridgehead atoms. The summed E-state index contributed by atoms with van der Waals surface area (Å²) in [5.41, 5.74) is 0.212. The van der Waals surface area contributed by atoms with E-state index < -0.39 is 29.8 Å². The van der Waals surface area contributed by atoms with Crippen molar-refractivity contribution in [3.05, 3.63) is 77.9 Å². The van der Waals surface area contributed by atoms with E-state index in [1.54, 1.807) is 19.1 Å². The number of aromatic nitrogens is 2. The topological polar surface area (TPSA) is 126 Å². The summed E-state index contributed by atoms with van der Waals surface area (Å²) in [4.78, 5) is 50.8. The van der Waals surface area contributed by atoms with Gasteiger partial charge in [-0.1, -0.05) is 6.92 Å². The highest BCUT2D eigenvalue weighted by atomic mass is 19.1. The van der Waals surface area contributed by atoms with Crippen LogP contribution in [-0.4, -0.2) is 83.6 Å². The first-order valence-corrected chi connectivity index (χ1v) is 13.2. The van der Waals surface area contributed by atoms with Crippen molar-refractivity contribution in [2.75, 3.05) is 44.5 Å². The Morgan fingerprint density at radius 3 is 2.57 bits per heavy atom. The lowest BCUT2D eigenvalue weighted by atomic mass is 10.0. The number of likely N-dealkylation sites (N-methyl/N-ethyl adjacent to an activating group) is 1. The molecule has 1 aromatic heterocycles. The lowest BCUT2D eigenvalue weighted by molar-refractivity contribution is 0.0109. The smallest absolute Gasteiger partial charge is 0.323 e. The van der Waals surface area contributed by atoms with Gasteiger partial charge in [0.15, 0.2) is 0 Å². The summed E-state index contributed by atoms with van der Waals surface area (Å²) in [7, 11) is 3.16. The molecule has 1 aliphatic heterocycles. The fourth-order valence-corrected chi connectivity index (χ4v) is 4.57. The maximum Gasteiger partial charge on any atom is 0.323 e. The molecule has 0 saturated carbocycles. The van der Waals surface area contributed by atoms with Crippen molar-refractivity contribution < 1.29 is 32.6 Å². The van der Waals surface area contributed by atoms with Crippen LogP contribution in [0, 0.1) is 17.6 Å². The summed E-state index contributed by atoms with van der Waals surface area (Å²) in [6, 6.07) is 5.88. The molecule has 4 rings (SSSR count). The van der Waals surface area contributed by atoms with E-state index in [0.717, 1.165) is 18.2 Å². The summed E-state index contributed by atoms with van der Waals surface area (Å²) in [5.74, 6) is -2.17. The maximum absolute atomic E-state index is 14.0. The van der Waals surface area contributed by atoms with Crippen LogP contribution in [0.2, 0.25) is 0 Å². The number of nitrogens with zero attached hydrogens (tertiary/aromatic N) is 4. The van der Waals surface area contributed by atoms with Crippen LogP contribution in [0.25, 0.3) is 0 Å². The van der Waals surface area contributed by atoms with Crippen molar-refractivity contribution >= 4 is 29.2 Å². The Morgan fingerprint density at radius 1 is 1.07 bits per heavy atom. The van der Waals surface area contributed by atoms with Crippen molar-refractivity contribution in [1.29, 1.82) is 0 Å². The first-order chi connectivity index (χ1) is 20.1. The predicted octanol–water partition coefficient (Wildman–Crippen LogP) is 4.05. The number of fused-ring (bicyclic) bond motifs is 1. The molecule has 13 heteroatoms. The first kappa shape index (κ1) is 30.3. The molecule has 0 unspecified atom stereocenters. The third kappa shape index (κ3) is 7.16. The standard InChI is InChI=1S/C29H32F2N6O5/c1-17-14-37(28(39)24-13-32-9-10-33-24)18(2)16-42-25-8-6-20(12-21(25)27(38)36(3)15-26(17)41-4)34-29(40)35-23-11-19(30)5-7-22(23)31/h5-13,17-18,26H,14-16H2,1-4H3,(H2,34,35,40)/t17-,18-,26-/m0/s1. The molecule has 3 atom stereocenters. The number of urea groups is 1. The molecule has 2 aromatic carbocycles. The van der Waals surface area contributed by atoms with E-state index in [1.807, 2.05) is 13.8 Å². The highest BCUT2D eigenvalue weighted by molar-refractivity contribution is 6.02. The number of anilines is 2. The molecule has 222 valence electrons. The zero-order valence-corrected chi connectivity index (χ0v) is 23.6. The van der Waals surface area contributed by atoms with Gasteiger partial charge in [-0.3, -0.25) is 14.6 Å². The van der Waals surface area contributed by atoms with E-state index in [9.17, 15) is 23.2 Å². The third-order valence-electron chi connectivity index (χ3n) is 6.92. The Kier molecular flexibility index (Phi) is 9.63. The number of halogens is 2. The van der Waals surface area contributed by atoms with Crippen LogP contribution in [-0.2, 0) is 4.74 Å². The van der Waals surface area contributed by atoms with E-state index >= 15 is 0 Å². The number of amides is 4. The Balaban J connectivity index is 1.61. The molecular weight excluding hydrogens is 550 g/mol. The minimum absolute atomic E-state index is 0.0481. The molecule has 3 aromatic rings. The lowest BCUT2D eigenvalue weighted by Gasteiger charge is -2.35. The normalized spacial score (nSPS) is 19.6. The van der Waals surface area contributed by atoms with Gasteiger partial charge < -0.3 is 29.9 Å². The van der Waals surface area contributed by atoms with Crippen LogP contribution in [0.1, 0.15) is 34.7 Å². The summed E-state index contributed by atoms with van der Waals surface area (Å²) < 4.78 is 39.3. The average Bonchev–Trinajstić information content (AvgIpc) is 2.98. The molecule has 0 fully saturated rings. The minimum Gasteiger partial charge on any atom is -0.491 e. The van der Waals surface area contributed by atoms with Gasteiger partial charge in [0.2, 0.25) is 0 Å². The highest BCUT2D eigenvalue weighted by Crippen LogP contribution is 2.27. The van der Waals surface area contributed by atoms with Gasteiger partial charge in [-0.2, -0.15) is 0 Å². The second-order valence-electron chi connectivity index (χ2n) is 10.1. The molecule has 0 saturated heterocycles. The Morgan fingerprint density at radius 2 is 1.86 bits per heavy atom. The van der Waals surface area contributed by atoms with Crippen molar-refractivity contribution in [3.63, 3.8) is 0 Å². The molecule has 2 heterocycles. The third-order valence-corrected chi connectivity index (χ3v) is 6.92. The van der Waals surface area contributed by atoms with Crippen molar-refractivity contribution in [2.45, 2.75) is 26.0 Å². The van der Waals surface area contributed by atoms with Crippen LogP contribution >= 0.6 is 0 Å². The molecule has 4 amide bonds. The van der Waals surface area contributed by atoms with Gasteiger partial charge in [-0.25, -0.2) is 18.6 Å². The van der Waals surface area contributed by atoms with Gasteiger partial charge >= 0.3 is 6.03 Å². The molecule has 42 heavy (non-hydrogen) atoms. The van der Waals surface area contributed by atoms with Gasteiger partial charge in [0.1, 0.15) is 29.7 Å². The van der Waals surface area contributed by atoms with E-state index in [2.05, 4.69) is 20.6 Å². The second kappa shape index (κ2) is 13.3. The zero-order valence-electron chi connectivity index (χ0n) is 23.6. The van der Waals surface area contributed by atoms with Crippen LogP contribution in [0.15, 0.2) is 55.0 Å². The molecule has 1 aliphatic rings. The second-order valence-corrected chi connectivity index (χ2v) is 10.1. The van der Waals surface area contributed by atoms with Gasteiger partial charge in [0, 0.05) is 57.3 Å². The van der Waals surface area contributed by atoms with Crippen LogP contribution in [0.4, 0.5) is 25.0 Å². The lowest BCUT2D eigenvalue weighted by Crippen LogP contribution is -2.48. The van der Waals surface area contributed by atoms with E-state index in [0.29, 0.717) is 6.54 Å². The maximum atomic E-state index is 14.0. The molecule has 0 radical (unpaired) electrons. The van der Waals surface area contributed by atoms with Gasteiger partial charge in [0.05, 0.1) is 29.6 Å². The van der Waals surface area contributed by atoms with E-state index in [4.69, 9.17) is 9.47 Å². The van der Waals surface area contributed by atoms with E-state index in [-0.39, 0.29) is 59.3 Å². The number of hydrogen-bond acceptors (Lipinski definition) is 7. The number of nitrogens with one attached hydrogen (secondary N) is 2. The summed E-state index contributed by atoms with van der Waals surface area (Å²) in [6.45, 7) is 4.32. The molecule has 0 aliphatic carbocycles. The average molecular weight is 583 g/mol. The van der Waals surface area contributed by atoms with Crippen molar-refractivity contribution in [3.8, 4) is 5.75 Å². The Hall–Kier alpha value is -4.65.